The van der Waals surface area contributed by atoms with Gasteiger partial charge in [0.25, 0.3) is 5.91 Å². The molecule has 0 aliphatic rings. The summed E-state index contributed by atoms with van der Waals surface area (Å²) in [6, 6.07) is 12.7. The number of amides is 1. The van der Waals surface area contributed by atoms with E-state index in [1.54, 1.807) is 31.4 Å². The molecule has 0 atom stereocenters. The van der Waals surface area contributed by atoms with E-state index in [-0.39, 0.29) is 11.9 Å². The number of nitrogens with zero attached hydrogens (tertiary/aromatic N) is 3. The van der Waals surface area contributed by atoms with E-state index in [4.69, 9.17) is 14.2 Å². The van der Waals surface area contributed by atoms with Crippen molar-refractivity contribution in [1.29, 1.82) is 0 Å². The van der Waals surface area contributed by atoms with Gasteiger partial charge in [0, 0.05) is 25.6 Å². The Hall–Kier alpha value is -3.52. The summed E-state index contributed by atoms with van der Waals surface area (Å²) in [5, 5.41) is 2.72. The van der Waals surface area contributed by atoms with Gasteiger partial charge in [-0.3, -0.25) is 4.79 Å². The Bertz CT molecular complexity index is 855. The van der Waals surface area contributed by atoms with Gasteiger partial charge in [-0.05, 0) is 18.2 Å². The van der Waals surface area contributed by atoms with Gasteiger partial charge in [0.15, 0.2) is 0 Å². The van der Waals surface area contributed by atoms with E-state index >= 15 is 0 Å². The molecule has 0 saturated carbocycles. The third kappa shape index (κ3) is 5.48. The van der Waals surface area contributed by atoms with Gasteiger partial charge in [-0.15, -0.1) is 0 Å². The monoisotopic (exact) mass is 366 g/mol. The molecule has 1 N–H and O–H groups in total. The summed E-state index contributed by atoms with van der Waals surface area (Å²) in [6.07, 6.45) is 4.31. The number of para-hydroxylation sites is 1. The molecule has 0 aliphatic carbocycles. The number of methoxy groups -OCH3 is 1. The predicted octanol–water partition coefficient (Wildman–Crippen LogP) is 2.94. The number of carbonyl (C=O) groups excluding carboxylic acids is 1. The summed E-state index contributed by atoms with van der Waals surface area (Å²) < 4.78 is 15.8. The molecule has 8 heteroatoms. The van der Waals surface area contributed by atoms with Crippen LogP contribution in [0.5, 0.6) is 17.6 Å². The number of hydrogen-bond acceptors (Lipinski definition) is 7. The highest BCUT2D eigenvalue weighted by Gasteiger charge is 2.09. The lowest BCUT2D eigenvalue weighted by Gasteiger charge is -2.07. The molecule has 3 aromatic rings. The van der Waals surface area contributed by atoms with E-state index in [0.29, 0.717) is 36.1 Å². The molecule has 0 unspecified atom stereocenters. The molecule has 0 radical (unpaired) electrons. The maximum atomic E-state index is 12.3. The Morgan fingerprint density at radius 2 is 1.74 bits per heavy atom. The van der Waals surface area contributed by atoms with Crippen LogP contribution in [0.3, 0.4) is 0 Å². The molecule has 0 saturated heterocycles. The smallest absolute Gasteiger partial charge is 0.321 e. The van der Waals surface area contributed by atoms with Gasteiger partial charge in [-0.2, -0.15) is 0 Å². The third-order valence-corrected chi connectivity index (χ3v) is 3.37. The second kappa shape index (κ2) is 9.25. The Kier molecular flexibility index (Phi) is 6.26. The van der Waals surface area contributed by atoms with Crippen molar-refractivity contribution in [3.05, 3.63) is 66.6 Å². The number of ether oxygens (including phenoxy) is 3. The zero-order valence-electron chi connectivity index (χ0n) is 14.7. The zero-order valence-corrected chi connectivity index (χ0v) is 14.7. The van der Waals surface area contributed by atoms with Crippen molar-refractivity contribution >= 4 is 11.6 Å². The van der Waals surface area contributed by atoms with E-state index in [9.17, 15) is 4.79 Å². The standard InChI is InChI=1S/C19H18N4O4/c1-25-9-10-26-17-8-7-15(13-20-17)23-18(24)14-11-21-19(22-12-14)27-16-5-3-2-4-6-16/h2-8,11-13H,9-10H2,1H3,(H,23,24). The van der Waals surface area contributed by atoms with Crippen LogP contribution in [-0.2, 0) is 4.74 Å². The molecule has 0 bridgehead atoms. The third-order valence-electron chi connectivity index (χ3n) is 3.37. The van der Waals surface area contributed by atoms with Crippen molar-refractivity contribution in [2.45, 2.75) is 0 Å². The van der Waals surface area contributed by atoms with Crippen LogP contribution in [0.25, 0.3) is 0 Å². The number of hydrogen-bond donors (Lipinski definition) is 1. The van der Waals surface area contributed by atoms with Crippen molar-refractivity contribution in [3.8, 4) is 17.6 Å². The lowest BCUT2D eigenvalue weighted by atomic mass is 10.3. The molecule has 2 aromatic heterocycles. The van der Waals surface area contributed by atoms with Gasteiger partial charge >= 0.3 is 6.01 Å². The first-order valence-corrected chi connectivity index (χ1v) is 8.18. The lowest BCUT2D eigenvalue weighted by Crippen LogP contribution is -2.13. The van der Waals surface area contributed by atoms with Crippen LogP contribution in [-0.4, -0.2) is 41.2 Å². The van der Waals surface area contributed by atoms with E-state index in [1.165, 1.54) is 18.6 Å². The molecule has 8 nitrogen and oxygen atoms in total. The summed E-state index contributed by atoms with van der Waals surface area (Å²) in [5.41, 5.74) is 0.833. The van der Waals surface area contributed by atoms with Crippen molar-refractivity contribution in [2.24, 2.45) is 0 Å². The van der Waals surface area contributed by atoms with Crippen LogP contribution >= 0.6 is 0 Å². The Labute approximate surface area is 156 Å². The Morgan fingerprint density at radius 3 is 2.41 bits per heavy atom. The second-order valence-electron chi connectivity index (χ2n) is 5.35. The molecule has 2 heterocycles. The zero-order chi connectivity index (χ0) is 18.9. The number of pyridine rings is 1. The second-order valence-corrected chi connectivity index (χ2v) is 5.35. The normalized spacial score (nSPS) is 10.3. The van der Waals surface area contributed by atoms with Crippen LogP contribution in [0, 0.1) is 0 Å². The fourth-order valence-electron chi connectivity index (χ4n) is 2.05. The molecular formula is C19H18N4O4. The van der Waals surface area contributed by atoms with Gasteiger partial charge in [0.05, 0.1) is 24.1 Å². The highest BCUT2D eigenvalue weighted by atomic mass is 16.5. The number of aromatic nitrogens is 3. The van der Waals surface area contributed by atoms with Crippen LogP contribution in [0.2, 0.25) is 0 Å². The largest absolute Gasteiger partial charge is 0.475 e. The summed E-state index contributed by atoms with van der Waals surface area (Å²) in [4.78, 5) is 24.5. The number of benzene rings is 1. The molecule has 138 valence electrons. The molecule has 27 heavy (non-hydrogen) atoms. The highest BCUT2D eigenvalue weighted by Crippen LogP contribution is 2.17. The first-order chi connectivity index (χ1) is 13.2. The molecule has 1 aromatic carbocycles. The van der Waals surface area contributed by atoms with Gasteiger partial charge in [0.2, 0.25) is 5.88 Å². The predicted molar refractivity (Wildman–Crippen MR) is 98.1 cm³/mol. The molecular weight excluding hydrogens is 348 g/mol. The number of carbonyl (C=O) groups is 1. The van der Waals surface area contributed by atoms with Crippen molar-refractivity contribution < 1.29 is 19.0 Å². The van der Waals surface area contributed by atoms with Crippen LogP contribution in [0.15, 0.2) is 61.1 Å². The van der Waals surface area contributed by atoms with E-state index < -0.39 is 0 Å². The first-order valence-electron chi connectivity index (χ1n) is 8.18. The molecule has 0 fully saturated rings. The van der Waals surface area contributed by atoms with Crippen LogP contribution in [0.4, 0.5) is 5.69 Å². The Balaban J connectivity index is 1.56. The number of anilines is 1. The summed E-state index contributed by atoms with van der Waals surface area (Å²) >= 11 is 0. The van der Waals surface area contributed by atoms with Crippen LogP contribution < -0.4 is 14.8 Å². The molecule has 0 spiro atoms. The van der Waals surface area contributed by atoms with E-state index in [0.717, 1.165) is 0 Å². The van der Waals surface area contributed by atoms with E-state index in [1.807, 2.05) is 18.2 Å². The average Bonchev–Trinajstić information content (AvgIpc) is 2.71. The maximum absolute atomic E-state index is 12.3. The summed E-state index contributed by atoms with van der Waals surface area (Å²) in [7, 11) is 1.60. The molecule has 0 aliphatic heterocycles. The first kappa shape index (κ1) is 18.3. The number of nitrogens with one attached hydrogen (secondary N) is 1. The minimum Gasteiger partial charge on any atom is -0.475 e. The van der Waals surface area contributed by atoms with Crippen molar-refractivity contribution in [1.82, 2.24) is 15.0 Å². The van der Waals surface area contributed by atoms with Gasteiger partial charge in [-0.25, -0.2) is 15.0 Å². The molecule has 1 amide bonds. The topological polar surface area (TPSA) is 95.5 Å². The lowest BCUT2D eigenvalue weighted by molar-refractivity contribution is 0.102. The van der Waals surface area contributed by atoms with Gasteiger partial charge in [-0.1, -0.05) is 18.2 Å². The minimum atomic E-state index is -0.351. The van der Waals surface area contributed by atoms with Crippen molar-refractivity contribution in [2.75, 3.05) is 25.6 Å². The van der Waals surface area contributed by atoms with Gasteiger partial charge < -0.3 is 19.5 Å². The fourth-order valence-corrected chi connectivity index (χ4v) is 2.05. The SMILES string of the molecule is COCCOc1ccc(NC(=O)c2cnc(Oc3ccccc3)nc2)cn1. The fraction of sp³-hybridized carbons (Fsp3) is 0.158. The van der Waals surface area contributed by atoms with Crippen LogP contribution in [0.1, 0.15) is 10.4 Å². The van der Waals surface area contributed by atoms with Crippen molar-refractivity contribution in [3.63, 3.8) is 0 Å². The summed E-state index contributed by atoms with van der Waals surface area (Å²) in [6.45, 7) is 0.883. The highest BCUT2D eigenvalue weighted by molar-refractivity contribution is 6.03. The van der Waals surface area contributed by atoms with Gasteiger partial charge in [0.1, 0.15) is 12.4 Å². The maximum Gasteiger partial charge on any atom is 0.321 e. The number of rotatable bonds is 8. The minimum absolute atomic E-state index is 0.164. The average molecular weight is 366 g/mol. The quantitative estimate of drug-likeness (QED) is 0.612. The molecule has 3 rings (SSSR count). The Morgan fingerprint density at radius 1 is 0.963 bits per heavy atom. The summed E-state index contributed by atoms with van der Waals surface area (Å²) in [5.74, 6) is 0.723. The van der Waals surface area contributed by atoms with E-state index in [2.05, 4.69) is 20.3 Å².